The van der Waals surface area contributed by atoms with Crippen molar-refractivity contribution in [2.45, 2.75) is 168 Å². The number of aliphatic hydroxyl groups is 2. The van der Waals surface area contributed by atoms with E-state index in [2.05, 4.69) is 48.1 Å². The zero-order chi connectivity index (χ0) is 46.1. The summed E-state index contributed by atoms with van der Waals surface area (Å²) in [6, 6.07) is 22.2. The first-order valence-electron chi connectivity index (χ1n) is 25.5. The van der Waals surface area contributed by atoms with Gasteiger partial charge < -0.3 is 30.4 Å². The summed E-state index contributed by atoms with van der Waals surface area (Å²) in [5.41, 5.74) is 10.2. The molecule has 0 saturated carbocycles. The van der Waals surface area contributed by atoms with Crippen LogP contribution in [0, 0.1) is 0 Å². The summed E-state index contributed by atoms with van der Waals surface area (Å²) >= 11 is 0. The first-order chi connectivity index (χ1) is 32.4. The van der Waals surface area contributed by atoms with E-state index in [9.17, 15) is 20.4 Å². The molecule has 5 aromatic rings. The van der Waals surface area contributed by atoms with Crippen LogP contribution in [-0.4, -0.2) is 40.4 Å². The van der Waals surface area contributed by atoms with E-state index in [0.717, 1.165) is 88.7 Å². The van der Waals surface area contributed by atoms with Gasteiger partial charge in [0, 0.05) is 44.3 Å². The summed E-state index contributed by atoms with van der Waals surface area (Å²) in [6.07, 6.45) is 33.2. The Kier molecular flexibility index (Phi) is 18.0. The monoisotopic (exact) mass is 891 g/mol. The SMILES string of the molecule is CCCCCCCCCCCCCc1c2nc(c(-c3cccc(O)c3)c3ccc([nH]3)c(-c3cccc(O)c3)c3nc(c(CCCCCCCCCCCCC)c4ccc1[nH]4)C(O)=C3O)C=C2. The molecule has 7 rings (SSSR count). The van der Waals surface area contributed by atoms with Crippen LogP contribution < -0.4 is 0 Å². The number of aromatic amines is 2. The van der Waals surface area contributed by atoms with Gasteiger partial charge in [0.15, 0.2) is 11.5 Å². The van der Waals surface area contributed by atoms with Crippen LogP contribution in [-0.2, 0) is 12.8 Å². The molecule has 8 bridgehead atoms. The van der Waals surface area contributed by atoms with Crippen LogP contribution in [0.25, 0.3) is 68.0 Å². The average Bonchev–Trinajstić information content (AvgIpc) is 4.15. The van der Waals surface area contributed by atoms with Gasteiger partial charge in [0.05, 0.1) is 11.4 Å². The van der Waals surface area contributed by atoms with Crippen molar-refractivity contribution in [2.24, 2.45) is 0 Å². The Morgan fingerprint density at radius 1 is 0.394 bits per heavy atom. The Balaban J connectivity index is 1.31. The molecule has 0 aliphatic carbocycles. The topological polar surface area (TPSA) is 138 Å². The summed E-state index contributed by atoms with van der Waals surface area (Å²) in [6.45, 7) is 4.54. The molecule has 0 amide bonds. The zero-order valence-corrected chi connectivity index (χ0v) is 39.7. The minimum atomic E-state index is -0.310. The molecule has 2 aromatic carbocycles. The van der Waals surface area contributed by atoms with Gasteiger partial charge in [-0.2, -0.15) is 0 Å². The molecule has 0 spiro atoms. The number of hydrogen-bond donors (Lipinski definition) is 6. The molecule has 0 saturated heterocycles. The molecule has 2 aliphatic heterocycles. The molecule has 6 N–H and O–H groups in total. The number of aliphatic hydroxyl groups excluding tert-OH is 2. The third-order valence-electron chi connectivity index (χ3n) is 13.5. The number of aryl methyl sites for hydroxylation is 2. The maximum Gasteiger partial charge on any atom is 0.186 e. The number of H-pyrrole nitrogens is 2. The highest BCUT2D eigenvalue weighted by Crippen LogP contribution is 2.40. The molecule has 5 heterocycles. The number of nitrogens with one attached hydrogen (secondary N) is 2. The molecule has 350 valence electrons. The van der Waals surface area contributed by atoms with Crippen molar-refractivity contribution in [2.75, 3.05) is 0 Å². The third-order valence-corrected chi connectivity index (χ3v) is 13.5. The van der Waals surface area contributed by atoms with Crippen molar-refractivity contribution >= 4 is 45.7 Å². The van der Waals surface area contributed by atoms with Gasteiger partial charge in [-0.1, -0.05) is 167 Å². The van der Waals surface area contributed by atoms with Gasteiger partial charge in [-0.05, 0) is 97.5 Å². The lowest BCUT2D eigenvalue weighted by Crippen LogP contribution is -1.96. The Bertz CT molecular complexity index is 2600. The lowest BCUT2D eigenvalue weighted by atomic mass is 10.0. The first kappa shape index (κ1) is 48.2. The van der Waals surface area contributed by atoms with E-state index >= 15 is 0 Å². The van der Waals surface area contributed by atoms with E-state index in [4.69, 9.17) is 9.97 Å². The van der Waals surface area contributed by atoms with Crippen LogP contribution in [0.3, 0.4) is 0 Å². The number of unbranched alkanes of at least 4 members (excludes halogenated alkanes) is 20. The highest BCUT2D eigenvalue weighted by Gasteiger charge is 2.27. The smallest absolute Gasteiger partial charge is 0.186 e. The molecule has 66 heavy (non-hydrogen) atoms. The number of aromatic hydroxyl groups is 2. The van der Waals surface area contributed by atoms with Gasteiger partial charge in [0.1, 0.15) is 22.9 Å². The minimum Gasteiger partial charge on any atom is -0.508 e. The lowest BCUT2D eigenvalue weighted by molar-refractivity contribution is 0.463. The largest absolute Gasteiger partial charge is 0.508 e. The average molecular weight is 891 g/mol. The maximum absolute atomic E-state index is 11.9. The van der Waals surface area contributed by atoms with Crippen LogP contribution in [0.15, 0.2) is 72.8 Å². The Hall–Kier alpha value is -5.76. The van der Waals surface area contributed by atoms with Gasteiger partial charge in [-0.15, -0.1) is 0 Å². The predicted octanol–water partition coefficient (Wildman–Crippen LogP) is 16.9. The molecule has 3 aromatic heterocycles. The van der Waals surface area contributed by atoms with Crippen molar-refractivity contribution < 1.29 is 20.4 Å². The molecule has 8 nitrogen and oxygen atoms in total. The van der Waals surface area contributed by atoms with Crippen molar-refractivity contribution in [3.8, 4) is 33.8 Å². The van der Waals surface area contributed by atoms with E-state index < -0.39 is 0 Å². The lowest BCUT2D eigenvalue weighted by Gasteiger charge is -2.07. The summed E-state index contributed by atoms with van der Waals surface area (Å²) in [5.74, 6) is -0.353. The second-order valence-corrected chi connectivity index (χ2v) is 18.7. The van der Waals surface area contributed by atoms with Gasteiger partial charge in [0.25, 0.3) is 0 Å². The number of fused-ring (bicyclic) bond motifs is 8. The molecule has 0 unspecified atom stereocenters. The minimum absolute atomic E-state index is 0.0674. The van der Waals surface area contributed by atoms with Crippen LogP contribution in [0.5, 0.6) is 11.5 Å². The van der Waals surface area contributed by atoms with Gasteiger partial charge >= 0.3 is 0 Å². The van der Waals surface area contributed by atoms with Crippen LogP contribution >= 0.6 is 0 Å². The summed E-state index contributed by atoms with van der Waals surface area (Å²) in [4.78, 5) is 17.9. The second kappa shape index (κ2) is 24.7. The van der Waals surface area contributed by atoms with Gasteiger partial charge in [-0.25, -0.2) is 9.97 Å². The van der Waals surface area contributed by atoms with Crippen molar-refractivity contribution in [1.82, 2.24) is 19.9 Å². The Morgan fingerprint density at radius 3 is 1.33 bits per heavy atom. The molecular weight excluding hydrogens is 817 g/mol. The van der Waals surface area contributed by atoms with E-state index in [-0.39, 0.29) is 28.7 Å². The summed E-state index contributed by atoms with van der Waals surface area (Å²) in [7, 11) is 0. The summed E-state index contributed by atoms with van der Waals surface area (Å²) < 4.78 is 0. The van der Waals surface area contributed by atoms with Crippen LogP contribution in [0.4, 0.5) is 0 Å². The number of nitrogens with zero attached hydrogens (tertiary/aromatic N) is 2. The normalized spacial score (nSPS) is 12.5. The standard InChI is InChI=1S/C58H74N4O4/c1-3-5-7-9-11-13-15-17-19-21-23-31-45-47-33-34-49(59-47)46(32-24-22-20-18-16-14-12-10-8-6-4-2)55-57(65)58(66)56(62-55)54(42-28-26-30-44(64)40-42)52-38-37-51(61-52)53(50-36-35-48(45)60-50)41-27-25-29-43(63)39-41/h25-30,33-40,59,61,63-66H,3-24,31-32H2,1-2H3. The predicted molar refractivity (Wildman–Crippen MR) is 277 cm³/mol. The zero-order valence-electron chi connectivity index (χ0n) is 39.7. The van der Waals surface area contributed by atoms with E-state index in [1.54, 1.807) is 30.3 Å². The molecule has 0 radical (unpaired) electrons. The van der Waals surface area contributed by atoms with Crippen molar-refractivity contribution in [1.29, 1.82) is 0 Å². The van der Waals surface area contributed by atoms with Gasteiger partial charge in [-0.3, -0.25) is 0 Å². The van der Waals surface area contributed by atoms with Gasteiger partial charge in [0.2, 0.25) is 0 Å². The number of aromatic nitrogens is 4. The quantitative estimate of drug-likeness (QED) is 0.0300. The number of phenolic OH excluding ortho intramolecular Hbond substituents is 2. The highest BCUT2D eigenvalue weighted by atomic mass is 16.3. The second-order valence-electron chi connectivity index (χ2n) is 18.7. The Labute approximate surface area is 393 Å². The number of rotatable bonds is 26. The number of hydrogen-bond acceptors (Lipinski definition) is 6. The number of benzene rings is 2. The van der Waals surface area contributed by atoms with Crippen molar-refractivity contribution in [3.05, 3.63) is 107 Å². The molecular formula is C58H74N4O4. The van der Waals surface area contributed by atoms with Crippen LogP contribution in [0.1, 0.15) is 189 Å². The first-order valence-corrected chi connectivity index (χ1v) is 25.5. The van der Waals surface area contributed by atoms with E-state index in [1.165, 1.54) is 109 Å². The fourth-order valence-electron chi connectivity index (χ4n) is 9.83. The van der Waals surface area contributed by atoms with E-state index in [0.29, 0.717) is 28.8 Å². The molecule has 8 heteroatoms. The fourth-order valence-corrected chi connectivity index (χ4v) is 9.83. The Morgan fingerprint density at radius 2 is 0.803 bits per heavy atom. The van der Waals surface area contributed by atoms with E-state index in [1.807, 2.05) is 30.3 Å². The third kappa shape index (κ3) is 12.6. The van der Waals surface area contributed by atoms with Crippen LogP contribution in [0.2, 0.25) is 0 Å². The molecule has 2 aliphatic rings. The molecule has 0 fully saturated rings. The highest BCUT2D eigenvalue weighted by molar-refractivity contribution is 5.98. The number of phenols is 2. The fraction of sp³-hybridized carbons (Fsp3) is 0.448. The maximum atomic E-state index is 11.9. The van der Waals surface area contributed by atoms with Crippen molar-refractivity contribution in [3.63, 3.8) is 0 Å². The molecule has 0 atom stereocenters. The summed E-state index contributed by atoms with van der Waals surface area (Å²) in [5, 5.41) is 45.3.